The first-order chi connectivity index (χ1) is 13.6. The van der Waals surface area contributed by atoms with Gasteiger partial charge in [0.1, 0.15) is 5.75 Å². The summed E-state index contributed by atoms with van der Waals surface area (Å²) in [7, 11) is 1.78. The van der Waals surface area contributed by atoms with Gasteiger partial charge in [0, 0.05) is 23.6 Å². The van der Waals surface area contributed by atoms with Crippen molar-refractivity contribution < 1.29 is 9.47 Å². The van der Waals surface area contributed by atoms with Crippen molar-refractivity contribution >= 4 is 0 Å². The van der Waals surface area contributed by atoms with Gasteiger partial charge in [-0.25, -0.2) is 0 Å². The average molecular weight is 382 g/mol. The largest absolute Gasteiger partial charge is 0.496 e. The Kier molecular flexibility index (Phi) is 7.14. The molecule has 0 amide bonds. The molecule has 0 spiro atoms. The highest BCUT2D eigenvalue weighted by Crippen LogP contribution is 2.45. The Morgan fingerprint density at radius 3 is 2.50 bits per heavy atom. The minimum Gasteiger partial charge on any atom is -0.496 e. The number of benzene rings is 2. The molecule has 152 valence electrons. The van der Waals surface area contributed by atoms with E-state index in [-0.39, 0.29) is 5.41 Å². The molecular weight excluding hydrogens is 346 g/mol. The predicted molar refractivity (Wildman–Crippen MR) is 116 cm³/mol. The lowest BCUT2D eigenvalue weighted by molar-refractivity contribution is -0.0474. The molecule has 3 nitrogen and oxygen atoms in total. The first kappa shape index (κ1) is 20.9. The molecule has 1 N–H and O–H groups in total. The predicted octanol–water partition coefficient (Wildman–Crippen LogP) is 5.51. The lowest BCUT2D eigenvalue weighted by atomic mass is 9.68. The van der Waals surface area contributed by atoms with Crippen LogP contribution in [0.25, 0.3) is 0 Å². The molecule has 0 bridgehead atoms. The van der Waals surface area contributed by atoms with Gasteiger partial charge in [-0.15, -0.1) is 0 Å². The third-order valence-electron chi connectivity index (χ3n) is 6.28. The van der Waals surface area contributed by atoms with Crippen LogP contribution in [-0.2, 0) is 10.2 Å². The zero-order valence-electron chi connectivity index (χ0n) is 17.8. The van der Waals surface area contributed by atoms with Crippen molar-refractivity contribution in [2.45, 2.75) is 57.6 Å². The fourth-order valence-electron chi connectivity index (χ4n) is 4.46. The van der Waals surface area contributed by atoms with E-state index in [1.807, 2.05) is 0 Å². The molecule has 2 aromatic rings. The molecule has 0 unspecified atom stereocenters. The summed E-state index contributed by atoms with van der Waals surface area (Å²) < 4.78 is 11.9. The third kappa shape index (κ3) is 4.76. The fraction of sp³-hybridized carbons (Fsp3) is 0.520. The summed E-state index contributed by atoms with van der Waals surface area (Å²) in [6.07, 6.45) is 3.46. The Hall–Kier alpha value is -1.84. The summed E-state index contributed by atoms with van der Waals surface area (Å²) in [5, 5.41) is 3.74. The lowest BCUT2D eigenvalue weighted by Crippen LogP contribution is -2.43. The highest BCUT2D eigenvalue weighted by molar-refractivity contribution is 5.40. The van der Waals surface area contributed by atoms with E-state index in [1.165, 1.54) is 11.1 Å². The Morgan fingerprint density at radius 1 is 1.07 bits per heavy atom. The molecule has 1 aliphatic heterocycles. The molecule has 3 heteroatoms. The van der Waals surface area contributed by atoms with E-state index in [4.69, 9.17) is 9.47 Å². The first-order valence-corrected chi connectivity index (χ1v) is 10.6. The summed E-state index contributed by atoms with van der Waals surface area (Å²) in [4.78, 5) is 0. The molecule has 0 aliphatic carbocycles. The van der Waals surface area contributed by atoms with Crippen LogP contribution in [0, 0.1) is 5.92 Å². The molecule has 0 aromatic heterocycles. The number of ether oxygens (including phenoxy) is 2. The molecule has 1 heterocycles. The van der Waals surface area contributed by atoms with E-state index in [9.17, 15) is 0 Å². The summed E-state index contributed by atoms with van der Waals surface area (Å²) in [6.45, 7) is 8.55. The van der Waals surface area contributed by atoms with Gasteiger partial charge in [0.15, 0.2) is 0 Å². The van der Waals surface area contributed by atoms with Crippen molar-refractivity contribution in [3.8, 4) is 5.75 Å². The number of nitrogens with one attached hydrogen (secondary N) is 1. The summed E-state index contributed by atoms with van der Waals surface area (Å²) in [5.74, 6) is 1.52. The summed E-state index contributed by atoms with van der Waals surface area (Å²) >= 11 is 0. The molecule has 1 aliphatic rings. The van der Waals surface area contributed by atoms with Crippen molar-refractivity contribution in [3.63, 3.8) is 0 Å². The average Bonchev–Trinajstić information content (AvgIpc) is 2.74. The van der Waals surface area contributed by atoms with Gasteiger partial charge in [-0.1, -0.05) is 62.4 Å². The molecule has 3 atom stereocenters. The molecule has 0 saturated carbocycles. The Balaban J connectivity index is 1.79. The maximum absolute atomic E-state index is 6.13. The zero-order chi connectivity index (χ0) is 20.0. The lowest BCUT2D eigenvalue weighted by Gasteiger charge is -2.43. The number of rotatable bonds is 8. The smallest absolute Gasteiger partial charge is 0.122 e. The van der Waals surface area contributed by atoms with Crippen LogP contribution in [0.3, 0.4) is 0 Å². The first-order valence-electron chi connectivity index (χ1n) is 10.6. The SMILES string of the molecule is COc1ccccc1[C@]1(CCN[C@@H](C)c2ccccc2)CCO[C@@H](C(C)C)C1. The molecule has 1 fully saturated rings. The topological polar surface area (TPSA) is 30.5 Å². The molecule has 28 heavy (non-hydrogen) atoms. The standard InChI is InChI=1S/C25H35NO2/c1-19(2)24-18-25(15-17-28-24,22-12-8-9-13-23(22)27-4)14-16-26-20(3)21-10-6-5-7-11-21/h5-13,19-20,24,26H,14-18H2,1-4H3/t20-,24+,25+/m0/s1. The van der Waals surface area contributed by atoms with Crippen molar-refractivity contribution in [1.82, 2.24) is 5.32 Å². The quantitative estimate of drug-likeness (QED) is 0.654. The van der Waals surface area contributed by atoms with E-state index in [0.717, 1.165) is 38.2 Å². The normalized spacial score (nSPS) is 23.5. The second-order valence-electron chi connectivity index (χ2n) is 8.42. The van der Waals surface area contributed by atoms with Crippen molar-refractivity contribution in [2.75, 3.05) is 20.3 Å². The fourth-order valence-corrected chi connectivity index (χ4v) is 4.46. The molecule has 0 radical (unpaired) electrons. The van der Waals surface area contributed by atoms with Crippen LogP contribution in [-0.4, -0.2) is 26.4 Å². The van der Waals surface area contributed by atoms with Crippen LogP contribution < -0.4 is 10.1 Å². The third-order valence-corrected chi connectivity index (χ3v) is 6.28. The molecular formula is C25H35NO2. The second-order valence-corrected chi connectivity index (χ2v) is 8.42. The summed E-state index contributed by atoms with van der Waals surface area (Å²) in [6, 6.07) is 19.6. The van der Waals surface area contributed by atoms with Gasteiger partial charge in [-0.2, -0.15) is 0 Å². The summed E-state index contributed by atoms with van der Waals surface area (Å²) in [5.41, 5.74) is 2.75. The van der Waals surface area contributed by atoms with E-state index in [0.29, 0.717) is 18.1 Å². The maximum Gasteiger partial charge on any atom is 0.122 e. The number of hydrogen-bond donors (Lipinski definition) is 1. The van der Waals surface area contributed by atoms with Gasteiger partial charge < -0.3 is 14.8 Å². The van der Waals surface area contributed by atoms with Gasteiger partial charge >= 0.3 is 0 Å². The minimum atomic E-state index is 0.0865. The van der Waals surface area contributed by atoms with Gasteiger partial charge in [0.05, 0.1) is 13.2 Å². The zero-order valence-corrected chi connectivity index (χ0v) is 17.8. The molecule has 2 aromatic carbocycles. The minimum absolute atomic E-state index is 0.0865. The van der Waals surface area contributed by atoms with Crippen LogP contribution in [0.15, 0.2) is 54.6 Å². The number of para-hydroxylation sites is 1. The van der Waals surface area contributed by atoms with E-state index in [2.05, 4.69) is 80.7 Å². The van der Waals surface area contributed by atoms with Gasteiger partial charge in [0.25, 0.3) is 0 Å². The van der Waals surface area contributed by atoms with Crippen LogP contribution in [0.2, 0.25) is 0 Å². The van der Waals surface area contributed by atoms with Gasteiger partial charge in [-0.05, 0) is 50.3 Å². The highest BCUT2D eigenvalue weighted by Gasteiger charge is 2.40. The molecule has 3 rings (SSSR count). The monoisotopic (exact) mass is 381 g/mol. The Morgan fingerprint density at radius 2 is 1.79 bits per heavy atom. The van der Waals surface area contributed by atoms with Crippen LogP contribution in [0.5, 0.6) is 5.75 Å². The van der Waals surface area contributed by atoms with Crippen molar-refractivity contribution in [2.24, 2.45) is 5.92 Å². The Labute approximate surface area is 170 Å². The van der Waals surface area contributed by atoms with Crippen molar-refractivity contribution in [3.05, 3.63) is 65.7 Å². The second kappa shape index (κ2) is 9.58. The Bertz CT molecular complexity index is 730. The van der Waals surface area contributed by atoms with Gasteiger partial charge in [-0.3, -0.25) is 0 Å². The number of methoxy groups -OCH3 is 1. The maximum atomic E-state index is 6.13. The van der Waals surface area contributed by atoms with Crippen molar-refractivity contribution in [1.29, 1.82) is 0 Å². The number of hydrogen-bond acceptors (Lipinski definition) is 3. The van der Waals surface area contributed by atoms with Crippen LogP contribution >= 0.6 is 0 Å². The van der Waals surface area contributed by atoms with Crippen LogP contribution in [0.1, 0.15) is 57.2 Å². The highest BCUT2D eigenvalue weighted by atomic mass is 16.5. The van der Waals surface area contributed by atoms with E-state index < -0.39 is 0 Å². The van der Waals surface area contributed by atoms with Crippen LogP contribution in [0.4, 0.5) is 0 Å². The van der Waals surface area contributed by atoms with E-state index >= 15 is 0 Å². The molecule has 1 saturated heterocycles. The van der Waals surface area contributed by atoms with E-state index in [1.54, 1.807) is 7.11 Å². The van der Waals surface area contributed by atoms with Gasteiger partial charge in [0.2, 0.25) is 0 Å².